The monoisotopic (exact) mass is 513 g/mol. The van der Waals surface area contributed by atoms with Crippen LogP contribution in [0.15, 0.2) is 36.4 Å². The minimum absolute atomic E-state index is 0.0165. The fraction of sp³-hybridized carbons (Fsp3) is 0.417. The van der Waals surface area contributed by atoms with Crippen molar-refractivity contribution in [3.05, 3.63) is 57.6 Å². The van der Waals surface area contributed by atoms with Crippen molar-refractivity contribution in [2.75, 3.05) is 19.1 Å². The highest BCUT2D eigenvalue weighted by Gasteiger charge is 2.26. The molecule has 0 heterocycles. The molecule has 178 valence electrons. The van der Waals surface area contributed by atoms with E-state index in [4.69, 9.17) is 54.3 Å². The Bertz CT molecular complexity index is 966. The second-order valence-electron chi connectivity index (χ2n) is 7.94. The van der Waals surface area contributed by atoms with E-state index >= 15 is 0 Å². The number of halogens is 3. The molecule has 1 N–H and O–H groups in total. The number of esters is 1. The van der Waals surface area contributed by atoms with Gasteiger partial charge in [0.15, 0.2) is 5.75 Å². The number of nitriles is 1. The van der Waals surface area contributed by atoms with Gasteiger partial charge in [0.25, 0.3) is 0 Å². The highest BCUT2D eigenvalue weighted by molar-refractivity contribution is 6.37. The number of hydrogen-bond acceptors (Lipinski definition) is 6. The summed E-state index contributed by atoms with van der Waals surface area (Å²) in [6, 6.07) is 12.9. The van der Waals surface area contributed by atoms with Crippen molar-refractivity contribution in [1.29, 1.82) is 5.26 Å². The van der Waals surface area contributed by atoms with Gasteiger partial charge < -0.3 is 19.3 Å². The fourth-order valence-electron chi connectivity index (χ4n) is 3.07. The number of hydrogen-bond donors (Lipinski definition) is 1. The third-order valence-corrected chi connectivity index (χ3v) is 5.89. The van der Waals surface area contributed by atoms with Crippen LogP contribution < -0.4 is 9.47 Å². The number of carbonyl (C=O) groups excluding carboxylic acids is 1. The van der Waals surface area contributed by atoms with E-state index in [9.17, 15) is 9.90 Å². The minimum Gasteiger partial charge on any atom is -0.491 e. The van der Waals surface area contributed by atoms with E-state index < -0.39 is 23.6 Å². The lowest BCUT2D eigenvalue weighted by molar-refractivity contribution is -0.146. The summed E-state index contributed by atoms with van der Waals surface area (Å²) in [5, 5.41) is 18.9. The van der Waals surface area contributed by atoms with Crippen LogP contribution in [-0.2, 0) is 14.9 Å². The topological polar surface area (TPSA) is 88.8 Å². The Morgan fingerprint density at radius 2 is 1.70 bits per heavy atom. The largest absolute Gasteiger partial charge is 0.491 e. The van der Waals surface area contributed by atoms with E-state index in [0.717, 1.165) is 11.1 Å². The van der Waals surface area contributed by atoms with Crippen LogP contribution in [-0.4, -0.2) is 42.4 Å². The van der Waals surface area contributed by atoms with Gasteiger partial charge >= 0.3 is 5.97 Å². The Labute approximate surface area is 208 Å². The first kappa shape index (κ1) is 27.1. The zero-order valence-electron chi connectivity index (χ0n) is 18.6. The number of carbonyl (C=O) groups is 1. The summed E-state index contributed by atoms with van der Waals surface area (Å²) in [7, 11) is 0. The predicted molar refractivity (Wildman–Crippen MR) is 129 cm³/mol. The molecule has 0 aliphatic heterocycles. The first-order chi connectivity index (χ1) is 15.6. The molecule has 2 aromatic carbocycles. The number of benzene rings is 2. The van der Waals surface area contributed by atoms with E-state index in [2.05, 4.69) is 0 Å². The van der Waals surface area contributed by atoms with Crippen LogP contribution in [0.4, 0.5) is 0 Å². The van der Waals surface area contributed by atoms with Crippen LogP contribution in [0.5, 0.6) is 11.5 Å². The van der Waals surface area contributed by atoms with Crippen LogP contribution in [0, 0.1) is 11.3 Å². The zero-order valence-corrected chi connectivity index (χ0v) is 20.9. The summed E-state index contributed by atoms with van der Waals surface area (Å²) in [4.78, 5) is 11.1. The molecular weight excluding hydrogens is 489 g/mol. The Balaban J connectivity index is 2.15. The van der Waals surface area contributed by atoms with Crippen molar-refractivity contribution in [3.8, 4) is 17.6 Å². The molecule has 0 bridgehead atoms. The highest BCUT2D eigenvalue weighted by Crippen LogP contribution is 2.40. The van der Waals surface area contributed by atoms with E-state index in [1.165, 1.54) is 6.92 Å². The number of aliphatic hydroxyl groups excluding tert-OH is 1. The lowest BCUT2D eigenvalue weighted by Gasteiger charge is -2.27. The molecule has 2 atom stereocenters. The second-order valence-corrected chi connectivity index (χ2v) is 9.07. The zero-order chi connectivity index (χ0) is 24.6. The van der Waals surface area contributed by atoms with Crippen molar-refractivity contribution in [2.24, 2.45) is 0 Å². The van der Waals surface area contributed by atoms with Crippen molar-refractivity contribution in [3.63, 3.8) is 0 Å². The number of aliphatic hydroxyl groups is 1. The van der Waals surface area contributed by atoms with Crippen molar-refractivity contribution in [2.45, 2.75) is 44.8 Å². The third-order valence-electron chi connectivity index (χ3n) is 4.98. The van der Waals surface area contributed by atoms with Crippen molar-refractivity contribution in [1.82, 2.24) is 0 Å². The van der Waals surface area contributed by atoms with Gasteiger partial charge in [-0.05, 0) is 35.4 Å². The molecular formula is C24H26Cl3NO5. The second kappa shape index (κ2) is 12.3. The van der Waals surface area contributed by atoms with Crippen LogP contribution in [0.25, 0.3) is 0 Å². The molecule has 0 saturated carbocycles. The smallest absolute Gasteiger partial charge is 0.303 e. The van der Waals surface area contributed by atoms with Crippen molar-refractivity contribution >= 4 is 40.8 Å². The molecule has 0 spiro atoms. The van der Waals surface area contributed by atoms with Crippen LogP contribution >= 0.6 is 34.8 Å². The average molecular weight is 515 g/mol. The highest BCUT2D eigenvalue weighted by atomic mass is 35.5. The molecule has 9 heteroatoms. The number of rotatable bonds is 11. The van der Waals surface area contributed by atoms with Gasteiger partial charge in [0, 0.05) is 12.3 Å². The van der Waals surface area contributed by atoms with Gasteiger partial charge in [0.1, 0.15) is 31.2 Å². The van der Waals surface area contributed by atoms with E-state index in [1.807, 2.05) is 32.0 Å². The number of nitrogens with zero attached hydrogens (tertiary/aromatic N) is 1. The first-order valence-corrected chi connectivity index (χ1v) is 11.5. The summed E-state index contributed by atoms with van der Waals surface area (Å²) in [6.07, 6.45) is -1.43. The Kier molecular flexibility index (Phi) is 10.1. The standard InChI is InChI=1S/C24H26Cl3NO5/c1-15(29)33-20(12-25)14-32-23-21(26)10-17(11-22(23)27)24(2,3)16-4-6-19(7-5-16)31-13-18(30)8-9-28/h4-7,10-11,18,20,30H,8,12-14H2,1-3H3. The molecule has 6 nitrogen and oxygen atoms in total. The quantitative estimate of drug-likeness (QED) is 0.314. The van der Waals surface area contributed by atoms with Crippen LogP contribution in [0.3, 0.4) is 0 Å². The van der Waals surface area contributed by atoms with Gasteiger partial charge in [0.05, 0.1) is 28.4 Å². The van der Waals surface area contributed by atoms with Crippen molar-refractivity contribution < 1.29 is 24.1 Å². The Morgan fingerprint density at radius 1 is 1.09 bits per heavy atom. The molecule has 0 aromatic heterocycles. The first-order valence-electron chi connectivity index (χ1n) is 10.2. The third kappa shape index (κ3) is 7.68. The van der Waals surface area contributed by atoms with Crippen LogP contribution in [0.1, 0.15) is 38.3 Å². The lowest BCUT2D eigenvalue weighted by atomic mass is 9.78. The maximum Gasteiger partial charge on any atom is 0.303 e. The van der Waals surface area contributed by atoms with Gasteiger partial charge in [0.2, 0.25) is 0 Å². The summed E-state index contributed by atoms with van der Waals surface area (Å²) in [6.45, 7) is 5.44. The SMILES string of the molecule is CC(=O)OC(CCl)COc1c(Cl)cc(C(C)(C)c2ccc(OCC(O)CC#N)cc2)cc1Cl. The number of ether oxygens (including phenoxy) is 3. The molecule has 0 saturated heterocycles. The molecule has 0 aliphatic carbocycles. The predicted octanol–water partition coefficient (Wildman–Crippen LogP) is 5.52. The lowest BCUT2D eigenvalue weighted by Crippen LogP contribution is -2.26. The summed E-state index contributed by atoms with van der Waals surface area (Å²) in [5.74, 6) is 0.512. The number of alkyl halides is 1. The van der Waals surface area contributed by atoms with Crippen LogP contribution in [0.2, 0.25) is 10.0 Å². The summed E-state index contributed by atoms with van der Waals surface area (Å²) in [5.41, 5.74) is 1.42. The van der Waals surface area contributed by atoms with Gasteiger partial charge in [-0.15, -0.1) is 11.6 Å². The van der Waals surface area contributed by atoms with E-state index in [0.29, 0.717) is 21.5 Å². The molecule has 2 unspecified atom stereocenters. The van der Waals surface area contributed by atoms with Gasteiger partial charge in [-0.1, -0.05) is 49.2 Å². The molecule has 0 aliphatic rings. The Morgan fingerprint density at radius 3 is 2.21 bits per heavy atom. The molecule has 33 heavy (non-hydrogen) atoms. The fourth-order valence-corrected chi connectivity index (χ4v) is 3.82. The molecule has 0 radical (unpaired) electrons. The molecule has 0 fully saturated rings. The van der Waals surface area contributed by atoms with Gasteiger partial charge in [-0.2, -0.15) is 5.26 Å². The summed E-state index contributed by atoms with van der Waals surface area (Å²) >= 11 is 18.7. The molecule has 0 amide bonds. The molecule has 2 aromatic rings. The van der Waals surface area contributed by atoms with E-state index in [-0.39, 0.29) is 25.5 Å². The van der Waals surface area contributed by atoms with E-state index in [1.54, 1.807) is 24.3 Å². The van der Waals surface area contributed by atoms with Gasteiger partial charge in [-0.3, -0.25) is 4.79 Å². The maximum atomic E-state index is 11.1. The minimum atomic E-state index is -0.829. The summed E-state index contributed by atoms with van der Waals surface area (Å²) < 4.78 is 16.3. The van der Waals surface area contributed by atoms with Gasteiger partial charge in [-0.25, -0.2) is 0 Å². The molecule has 2 rings (SSSR count). The average Bonchev–Trinajstić information content (AvgIpc) is 2.76. The Hall–Kier alpha value is -2.17. The normalized spacial score (nSPS) is 13.0. The maximum absolute atomic E-state index is 11.1.